The van der Waals surface area contributed by atoms with E-state index in [1.165, 1.54) is 11.3 Å². The molecule has 2 heterocycles. The van der Waals surface area contributed by atoms with Crippen molar-refractivity contribution in [1.29, 1.82) is 0 Å². The molecule has 6 heteroatoms. The fraction of sp³-hybridized carbons (Fsp3) is 0.0769. The molecule has 0 atom stereocenters. The number of Topliss-reactive ketones (excluding diaryl/α,β-unsaturated/α-hetero) is 1. The molecule has 0 spiro atoms. The van der Waals surface area contributed by atoms with E-state index >= 15 is 0 Å². The zero-order chi connectivity index (χ0) is 13.2. The van der Waals surface area contributed by atoms with E-state index in [1.54, 1.807) is 36.4 Å². The van der Waals surface area contributed by atoms with Gasteiger partial charge in [-0.05, 0) is 23.6 Å². The molecule has 0 N–H and O–H groups in total. The maximum atomic E-state index is 12.1. The van der Waals surface area contributed by atoms with Crippen molar-refractivity contribution in [3.8, 4) is 0 Å². The van der Waals surface area contributed by atoms with Gasteiger partial charge in [0.1, 0.15) is 12.1 Å². The summed E-state index contributed by atoms with van der Waals surface area (Å²) in [7, 11) is 0. The first-order valence-electron chi connectivity index (χ1n) is 5.65. The lowest BCUT2D eigenvalue weighted by Crippen LogP contribution is -2.27. The normalized spacial score (nSPS) is 10.7. The number of hydrogen-bond acceptors (Lipinski definition) is 5. The lowest BCUT2D eigenvalue weighted by molar-refractivity contribution is 0.0968. The summed E-state index contributed by atoms with van der Waals surface area (Å²) in [5.74, 6) is -0.137. The van der Waals surface area contributed by atoms with E-state index in [4.69, 9.17) is 0 Å². The molecule has 3 aromatic rings. The maximum Gasteiger partial charge on any atom is 0.278 e. The van der Waals surface area contributed by atoms with Crippen LogP contribution in [0, 0.1) is 0 Å². The molecule has 0 aliphatic carbocycles. The van der Waals surface area contributed by atoms with Crippen molar-refractivity contribution in [2.24, 2.45) is 0 Å². The number of benzene rings is 1. The van der Waals surface area contributed by atoms with Crippen LogP contribution in [0.1, 0.15) is 9.67 Å². The molecule has 0 unspecified atom stereocenters. The molecule has 0 saturated carbocycles. The molecule has 2 aromatic heterocycles. The summed E-state index contributed by atoms with van der Waals surface area (Å²) in [6.45, 7) is -0.0861. The van der Waals surface area contributed by atoms with Crippen LogP contribution >= 0.6 is 11.3 Å². The summed E-state index contributed by atoms with van der Waals surface area (Å²) in [5, 5.41) is 10.0. The Kier molecular flexibility index (Phi) is 2.92. The van der Waals surface area contributed by atoms with Gasteiger partial charge in [0, 0.05) is 0 Å². The largest absolute Gasteiger partial charge is 0.291 e. The second-order valence-electron chi connectivity index (χ2n) is 3.97. The molecule has 0 fully saturated rings. The fourth-order valence-corrected chi connectivity index (χ4v) is 2.43. The Morgan fingerprint density at radius 2 is 2.05 bits per heavy atom. The summed E-state index contributed by atoms with van der Waals surface area (Å²) >= 11 is 1.35. The summed E-state index contributed by atoms with van der Waals surface area (Å²) in [6.07, 6.45) is 0. The van der Waals surface area contributed by atoms with E-state index < -0.39 is 0 Å². The molecule has 0 aliphatic heterocycles. The van der Waals surface area contributed by atoms with Gasteiger partial charge >= 0.3 is 0 Å². The minimum atomic E-state index is -0.296. The Hall–Kier alpha value is -2.34. The minimum absolute atomic E-state index is 0.0861. The van der Waals surface area contributed by atoms with Gasteiger partial charge in [-0.15, -0.1) is 16.4 Å². The zero-order valence-electron chi connectivity index (χ0n) is 9.81. The van der Waals surface area contributed by atoms with Gasteiger partial charge in [-0.2, -0.15) is 0 Å². The highest BCUT2D eigenvalue weighted by atomic mass is 32.1. The smallest absolute Gasteiger partial charge is 0.278 e. The zero-order valence-corrected chi connectivity index (χ0v) is 10.6. The predicted molar refractivity (Wildman–Crippen MR) is 72.4 cm³/mol. The third-order valence-corrected chi connectivity index (χ3v) is 3.63. The number of nitrogens with zero attached hydrogens (tertiary/aromatic N) is 3. The van der Waals surface area contributed by atoms with E-state index in [-0.39, 0.29) is 17.9 Å². The topological polar surface area (TPSA) is 64.8 Å². The summed E-state index contributed by atoms with van der Waals surface area (Å²) in [4.78, 5) is 24.7. The van der Waals surface area contributed by atoms with Gasteiger partial charge < -0.3 is 0 Å². The number of ketones is 1. The highest BCUT2D eigenvalue weighted by Gasteiger charge is 2.11. The Labute approximate surface area is 112 Å². The number of rotatable bonds is 3. The van der Waals surface area contributed by atoms with Crippen molar-refractivity contribution in [2.75, 3.05) is 0 Å². The molecule has 19 heavy (non-hydrogen) atoms. The molecule has 0 amide bonds. The number of carbonyl (C=O) groups is 1. The highest BCUT2D eigenvalue weighted by molar-refractivity contribution is 7.12. The van der Waals surface area contributed by atoms with Crippen LogP contribution in [0.3, 0.4) is 0 Å². The molecule has 3 rings (SSSR count). The van der Waals surface area contributed by atoms with Gasteiger partial charge in [0.05, 0.1) is 10.3 Å². The van der Waals surface area contributed by atoms with Crippen molar-refractivity contribution in [2.45, 2.75) is 6.54 Å². The standard InChI is InChI=1S/C13H9N3O2S/c17-11(12-6-3-7-19-12)8-16-13(18)9-4-1-2-5-10(9)14-15-16/h1-7H,8H2. The first kappa shape index (κ1) is 11.7. The lowest BCUT2D eigenvalue weighted by Gasteiger charge is -2.02. The minimum Gasteiger partial charge on any atom is -0.291 e. The van der Waals surface area contributed by atoms with Crippen molar-refractivity contribution < 1.29 is 4.79 Å². The van der Waals surface area contributed by atoms with E-state index in [1.807, 2.05) is 5.38 Å². The van der Waals surface area contributed by atoms with E-state index in [2.05, 4.69) is 10.3 Å². The van der Waals surface area contributed by atoms with Crippen LogP contribution in [0.25, 0.3) is 10.9 Å². The van der Waals surface area contributed by atoms with Gasteiger partial charge in [-0.1, -0.05) is 23.4 Å². The number of thiophene rings is 1. The number of carbonyl (C=O) groups excluding carboxylic acids is 1. The van der Waals surface area contributed by atoms with Crippen molar-refractivity contribution in [3.63, 3.8) is 0 Å². The van der Waals surface area contributed by atoms with Crippen LogP contribution < -0.4 is 5.56 Å². The van der Waals surface area contributed by atoms with Crippen molar-refractivity contribution in [3.05, 3.63) is 57.0 Å². The van der Waals surface area contributed by atoms with Crippen LogP contribution in [0.15, 0.2) is 46.6 Å². The number of aromatic nitrogens is 3. The van der Waals surface area contributed by atoms with Crippen LogP contribution in [-0.2, 0) is 6.54 Å². The Morgan fingerprint density at radius 3 is 2.84 bits per heavy atom. The Morgan fingerprint density at radius 1 is 1.21 bits per heavy atom. The second kappa shape index (κ2) is 4.74. The lowest BCUT2D eigenvalue weighted by atomic mass is 10.2. The first-order chi connectivity index (χ1) is 9.25. The molecule has 0 aliphatic rings. The van der Waals surface area contributed by atoms with Gasteiger partial charge in [0.15, 0.2) is 5.78 Å². The van der Waals surface area contributed by atoms with Crippen LogP contribution in [0.4, 0.5) is 0 Å². The molecule has 0 radical (unpaired) electrons. The molecule has 5 nitrogen and oxygen atoms in total. The molecular weight excluding hydrogens is 262 g/mol. The number of fused-ring (bicyclic) bond motifs is 1. The fourth-order valence-electron chi connectivity index (χ4n) is 1.78. The van der Waals surface area contributed by atoms with Crippen LogP contribution in [-0.4, -0.2) is 20.8 Å². The summed E-state index contributed by atoms with van der Waals surface area (Å²) < 4.78 is 1.10. The van der Waals surface area contributed by atoms with Gasteiger partial charge in [-0.3, -0.25) is 9.59 Å². The van der Waals surface area contributed by atoms with Crippen molar-refractivity contribution in [1.82, 2.24) is 15.0 Å². The summed E-state index contributed by atoms with van der Waals surface area (Å²) in [5.41, 5.74) is 0.239. The summed E-state index contributed by atoms with van der Waals surface area (Å²) in [6, 6.07) is 10.5. The first-order valence-corrected chi connectivity index (χ1v) is 6.53. The molecule has 0 saturated heterocycles. The third kappa shape index (κ3) is 2.17. The number of hydrogen-bond donors (Lipinski definition) is 0. The van der Waals surface area contributed by atoms with Gasteiger partial charge in [-0.25, -0.2) is 4.68 Å². The predicted octanol–water partition coefficient (Wildman–Crippen LogP) is 1.74. The monoisotopic (exact) mass is 271 g/mol. The van der Waals surface area contributed by atoms with Crippen LogP contribution in [0.2, 0.25) is 0 Å². The van der Waals surface area contributed by atoms with E-state index in [9.17, 15) is 9.59 Å². The Bertz CT molecular complexity index is 793. The molecule has 1 aromatic carbocycles. The highest BCUT2D eigenvalue weighted by Crippen LogP contribution is 2.10. The van der Waals surface area contributed by atoms with Gasteiger partial charge in [0.25, 0.3) is 5.56 Å². The molecular formula is C13H9N3O2S. The van der Waals surface area contributed by atoms with Crippen molar-refractivity contribution >= 4 is 28.0 Å². The van der Waals surface area contributed by atoms with Crippen LogP contribution in [0.5, 0.6) is 0 Å². The van der Waals surface area contributed by atoms with E-state index in [0.717, 1.165) is 4.68 Å². The third-order valence-electron chi connectivity index (χ3n) is 2.72. The second-order valence-corrected chi connectivity index (χ2v) is 4.92. The molecule has 0 bridgehead atoms. The quantitative estimate of drug-likeness (QED) is 0.681. The SMILES string of the molecule is O=C(Cn1nnc2ccccc2c1=O)c1cccs1. The average molecular weight is 271 g/mol. The average Bonchev–Trinajstić information content (AvgIpc) is 2.96. The Balaban J connectivity index is 2.00. The maximum absolute atomic E-state index is 12.1. The molecule has 94 valence electrons. The van der Waals surface area contributed by atoms with E-state index in [0.29, 0.717) is 15.8 Å². The van der Waals surface area contributed by atoms with Gasteiger partial charge in [0.2, 0.25) is 0 Å².